The molecule has 6 nitrogen and oxygen atoms in total. The Morgan fingerprint density at radius 1 is 1.28 bits per heavy atom. The van der Waals surface area contributed by atoms with Crippen LogP contribution in [0.2, 0.25) is 0 Å². The highest BCUT2D eigenvalue weighted by Crippen LogP contribution is 2.73. The van der Waals surface area contributed by atoms with Gasteiger partial charge in [-0.15, -0.1) is 0 Å². The molecule has 0 saturated heterocycles. The topological polar surface area (TPSA) is 99.1 Å². The van der Waals surface area contributed by atoms with Crippen molar-refractivity contribution in [1.29, 1.82) is 5.26 Å². The van der Waals surface area contributed by atoms with Gasteiger partial charge in [-0.25, -0.2) is 8.42 Å². The highest BCUT2D eigenvalue weighted by atomic mass is 32.2. The van der Waals surface area contributed by atoms with Crippen LogP contribution in [-0.4, -0.2) is 32.3 Å². The van der Waals surface area contributed by atoms with E-state index >= 15 is 0 Å². The van der Waals surface area contributed by atoms with Crippen LogP contribution in [0.1, 0.15) is 35.2 Å². The molecule has 0 aliphatic heterocycles. The molecular formula is C15H14F3N3O3S. The molecule has 25 heavy (non-hydrogen) atoms. The molecule has 0 spiro atoms. The lowest BCUT2D eigenvalue weighted by molar-refractivity contribution is -0.336. The van der Waals surface area contributed by atoms with Gasteiger partial charge in [0.25, 0.3) is 5.91 Å². The van der Waals surface area contributed by atoms with Crippen LogP contribution in [0, 0.1) is 16.7 Å². The normalized spacial score (nSPS) is 27.5. The molecule has 0 unspecified atom stereocenters. The fourth-order valence-electron chi connectivity index (χ4n) is 3.63. The summed E-state index contributed by atoms with van der Waals surface area (Å²) in [6.45, 7) is 0. The fourth-order valence-corrected chi connectivity index (χ4v) is 4.19. The summed E-state index contributed by atoms with van der Waals surface area (Å²) in [5.41, 5.74) is -2.57. The van der Waals surface area contributed by atoms with Crippen LogP contribution in [0.25, 0.3) is 0 Å². The molecule has 134 valence electrons. The van der Waals surface area contributed by atoms with Gasteiger partial charge in [0.15, 0.2) is 0 Å². The molecular weight excluding hydrogens is 359 g/mol. The largest absolute Gasteiger partial charge is 0.394 e. The molecule has 0 heterocycles. The van der Waals surface area contributed by atoms with Crippen molar-refractivity contribution in [3.8, 4) is 6.07 Å². The maximum atomic E-state index is 12.9. The first-order valence-electron chi connectivity index (χ1n) is 7.30. The Labute approximate surface area is 142 Å². The van der Waals surface area contributed by atoms with Crippen LogP contribution in [0.3, 0.4) is 0 Å². The molecule has 2 N–H and O–H groups in total. The van der Waals surface area contributed by atoms with E-state index in [9.17, 15) is 26.4 Å². The molecule has 1 aromatic carbocycles. The van der Waals surface area contributed by atoms with Gasteiger partial charge in [-0.1, -0.05) is 0 Å². The summed E-state index contributed by atoms with van der Waals surface area (Å²) < 4.78 is 63.6. The van der Waals surface area contributed by atoms with E-state index in [2.05, 4.69) is 10.0 Å². The second-order valence-electron chi connectivity index (χ2n) is 6.79. The van der Waals surface area contributed by atoms with E-state index in [1.54, 1.807) is 0 Å². The molecule has 1 aromatic rings. The van der Waals surface area contributed by atoms with Crippen LogP contribution >= 0.6 is 0 Å². The summed E-state index contributed by atoms with van der Waals surface area (Å²) in [7, 11) is -3.70. The number of carbonyl (C=O) groups excluding carboxylic acids is 1. The molecule has 1 amide bonds. The number of rotatable bonds is 4. The van der Waals surface area contributed by atoms with Gasteiger partial charge in [0.1, 0.15) is 0 Å². The highest BCUT2D eigenvalue weighted by Gasteiger charge is 2.79. The minimum atomic E-state index is -4.28. The highest BCUT2D eigenvalue weighted by molar-refractivity contribution is 7.92. The first-order valence-corrected chi connectivity index (χ1v) is 9.19. The van der Waals surface area contributed by atoms with E-state index in [-0.39, 0.29) is 36.1 Å². The van der Waals surface area contributed by atoms with Crippen molar-refractivity contribution in [3.05, 3.63) is 29.3 Å². The summed E-state index contributed by atoms with van der Waals surface area (Å²) in [5, 5.41) is 11.5. The van der Waals surface area contributed by atoms with Crippen LogP contribution in [0.15, 0.2) is 18.2 Å². The number of anilines is 1. The predicted molar refractivity (Wildman–Crippen MR) is 82.2 cm³/mol. The van der Waals surface area contributed by atoms with E-state index in [4.69, 9.17) is 5.26 Å². The Morgan fingerprint density at radius 2 is 1.88 bits per heavy atom. The second-order valence-corrected chi connectivity index (χ2v) is 8.54. The van der Waals surface area contributed by atoms with Crippen LogP contribution < -0.4 is 10.0 Å². The summed E-state index contributed by atoms with van der Waals surface area (Å²) >= 11 is 0. The fraction of sp³-hybridized carbons (Fsp3) is 0.467. The molecule has 0 atom stereocenters. The monoisotopic (exact) mass is 373 g/mol. The van der Waals surface area contributed by atoms with Gasteiger partial charge in [0, 0.05) is 5.54 Å². The van der Waals surface area contributed by atoms with Crippen LogP contribution in [0.5, 0.6) is 0 Å². The van der Waals surface area contributed by atoms with E-state index in [0.29, 0.717) is 0 Å². The van der Waals surface area contributed by atoms with Gasteiger partial charge in [-0.3, -0.25) is 9.52 Å². The number of sulfonamides is 1. The number of amides is 1. The van der Waals surface area contributed by atoms with Crippen molar-refractivity contribution in [2.24, 2.45) is 5.41 Å². The summed E-state index contributed by atoms with van der Waals surface area (Å²) in [6.07, 6.45) is -3.89. The van der Waals surface area contributed by atoms with E-state index in [1.165, 1.54) is 18.2 Å². The first kappa shape index (κ1) is 17.5. The van der Waals surface area contributed by atoms with Crippen LogP contribution in [-0.2, 0) is 10.0 Å². The predicted octanol–water partition coefficient (Wildman–Crippen LogP) is 2.14. The Kier molecular flexibility index (Phi) is 3.58. The number of hydrogen-bond acceptors (Lipinski definition) is 4. The quantitative estimate of drug-likeness (QED) is 0.845. The van der Waals surface area contributed by atoms with E-state index in [1.807, 2.05) is 6.07 Å². The van der Waals surface area contributed by atoms with Gasteiger partial charge in [-0.2, -0.15) is 18.4 Å². The minimum Gasteiger partial charge on any atom is -0.346 e. The number of nitrogens with one attached hydrogen (secondary N) is 2. The average Bonchev–Trinajstić information content (AvgIpc) is 2.37. The Bertz CT molecular complexity index is 883. The van der Waals surface area contributed by atoms with Gasteiger partial charge in [0.2, 0.25) is 10.0 Å². The van der Waals surface area contributed by atoms with Crippen molar-refractivity contribution in [3.63, 3.8) is 0 Å². The smallest absolute Gasteiger partial charge is 0.346 e. The first-order chi connectivity index (χ1) is 11.4. The lowest BCUT2D eigenvalue weighted by Gasteiger charge is -2.70. The Morgan fingerprint density at radius 3 is 2.36 bits per heavy atom. The standard InChI is InChI=1S/C15H14F3N3O3S/c1-25(23,24)21-11-4-9(5-19)2-3-10(11)12(22)20-14-6-13(7-14,8-14)15(16,17)18/h2-4,21H,6-8H2,1H3,(H,20,22). The van der Waals surface area contributed by atoms with E-state index in [0.717, 1.165) is 6.26 Å². The second kappa shape index (κ2) is 5.11. The number of benzene rings is 1. The number of halogens is 3. The molecule has 3 fully saturated rings. The molecule has 3 aliphatic carbocycles. The molecule has 0 aromatic heterocycles. The van der Waals surface area contributed by atoms with Gasteiger partial charge in [0.05, 0.1) is 34.6 Å². The average molecular weight is 373 g/mol. The molecule has 3 saturated carbocycles. The van der Waals surface area contributed by atoms with Crippen molar-refractivity contribution in [2.75, 3.05) is 11.0 Å². The van der Waals surface area contributed by atoms with Gasteiger partial charge in [-0.05, 0) is 37.5 Å². The maximum Gasteiger partial charge on any atom is 0.394 e. The zero-order valence-electron chi connectivity index (χ0n) is 13.1. The summed E-state index contributed by atoms with van der Waals surface area (Å²) in [6, 6.07) is 5.64. The third-order valence-corrected chi connectivity index (χ3v) is 5.29. The SMILES string of the molecule is CS(=O)(=O)Nc1cc(C#N)ccc1C(=O)NC12CC(C(F)(F)F)(C1)C2. The number of alkyl halides is 3. The van der Waals surface area contributed by atoms with Crippen molar-refractivity contribution in [1.82, 2.24) is 5.32 Å². The number of nitrogens with zero attached hydrogens (tertiary/aromatic N) is 1. The third kappa shape index (κ3) is 2.93. The number of hydrogen-bond donors (Lipinski definition) is 2. The summed E-state index contributed by atoms with van der Waals surface area (Å²) in [5.74, 6) is -0.675. The van der Waals surface area contributed by atoms with Crippen molar-refractivity contribution < 1.29 is 26.4 Å². The van der Waals surface area contributed by atoms with Crippen LogP contribution in [0.4, 0.5) is 18.9 Å². The van der Waals surface area contributed by atoms with Crippen molar-refractivity contribution >= 4 is 21.6 Å². The van der Waals surface area contributed by atoms with Crippen molar-refractivity contribution in [2.45, 2.75) is 31.0 Å². The lowest BCUT2D eigenvalue weighted by atomic mass is 9.39. The van der Waals surface area contributed by atoms with Gasteiger partial charge >= 0.3 is 6.18 Å². The molecule has 10 heteroatoms. The van der Waals surface area contributed by atoms with Gasteiger partial charge < -0.3 is 5.32 Å². The zero-order chi connectivity index (χ0) is 18.7. The Balaban J connectivity index is 1.79. The Hall–Kier alpha value is -2.28. The van der Waals surface area contributed by atoms with E-state index < -0.39 is 33.1 Å². The molecule has 2 bridgehead atoms. The number of nitriles is 1. The maximum absolute atomic E-state index is 12.9. The molecule has 4 rings (SSSR count). The third-order valence-electron chi connectivity index (χ3n) is 4.70. The molecule has 0 radical (unpaired) electrons. The summed E-state index contributed by atoms with van der Waals surface area (Å²) in [4.78, 5) is 12.4. The minimum absolute atomic E-state index is 0.0461. The zero-order valence-corrected chi connectivity index (χ0v) is 13.9. The molecule has 3 aliphatic rings. The number of carbonyl (C=O) groups is 1. The lowest BCUT2D eigenvalue weighted by Crippen LogP contribution is -2.78.